The van der Waals surface area contributed by atoms with Crippen molar-refractivity contribution >= 4 is 11.5 Å². The Morgan fingerprint density at radius 1 is 1.24 bits per heavy atom. The number of rotatable bonds is 4. The standard InChI is InChI=1S/C25H24F3NO4/c1-15(2)14-33-23(31)20-16(3)12-19-21(20)17(13-29(4)22(19)30)10-11-24(32,25(26,27)28)18-8-6-5-7-9-18/h5-9,13,15,32H,12,14H2,1-4H3. The van der Waals surface area contributed by atoms with Gasteiger partial charge in [-0.25, -0.2) is 4.79 Å². The largest absolute Gasteiger partial charge is 0.462 e. The van der Waals surface area contributed by atoms with Crippen molar-refractivity contribution in [2.24, 2.45) is 13.0 Å². The molecule has 2 aromatic rings. The van der Waals surface area contributed by atoms with E-state index in [9.17, 15) is 27.9 Å². The molecule has 0 radical (unpaired) electrons. The Labute approximate surface area is 189 Å². The number of pyridine rings is 1. The summed E-state index contributed by atoms with van der Waals surface area (Å²) in [6, 6.07) is 6.52. The zero-order chi connectivity index (χ0) is 24.6. The number of aromatic nitrogens is 1. The molecule has 0 fully saturated rings. The molecule has 0 amide bonds. The van der Waals surface area contributed by atoms with Crippen LogP contribution in [-0.4, -0.2) is 28.4 Å². The van der Waals surface area contributed by atoms with E-state index in [2.05, 4.69) is 5.92 Å². The van der Waals surface area contributed by atoms with Gasteiger partial charge in [0.25, 0.3) is 5.56 Å². The van der Waals surface area contributed by atoms with Gasteiger partial charge in [0.05, 0.1) is 12.2 Å². The minimum absolute atomic E-state index is 0.0269. The highest BCUT2D eigenvalue weighted by Gasteiger charge is 2.54. The number of allylic oxidation sites excluding steroid dienone is 1. The van der Waals surface area contributed by atoms with Crippen LogP contribution in [0.15, 0.2) is 46.9 Å². The van der Waals surface area contributed by atoms with E-state index >= 15 is 0 Å². The monoisotopic (exact) mass is 459 g/mol. The highest BCUT2D eigenvalue weighted by Crippen LogP contribution is 2.39. The number of benzene rings is 1. The van der Waals surface area contributed by atoms with Gasteiger partial charge >= 0.3 is 12.1 Å². The normalized spacial score (nSPS) is 15.1. The molecular formula is C25H24F3NO4. The summed E-state index contributed by atoms with van der Waals surface area (Å²) in [5.41, 5.74) is -3.11. The van der Waals surface area contributed by atoms with Crippen molar-refractivity contribution in [3.63, 3.8) is 0 Å². The van der Waals surface area contributed by atoms with Crippen LogP contribution < -0.4 is 5.56 Å². The zero-order valence-electron chi connectivity index (χ0n) is 18.7. The summed E-state index contributed by atoms with van der Waals surface area (Å²) in [5.74, 6) is 3.78. The summed E-state index contributed by atoms with van der Waals surface area (Å²) in [6.45, 7) is 5.55. The van der Waals surface area contributed by atoms with E-state index in [1.54, 1.807) is 6.92 Å². The van der Waals surface area contributed by atoms with Crippen molar-refractivity contribution in [2.75, 3.05) is 6.61 Å². The van der Waals surface area contributed by atoms with E-state index in [-0.39, 0.29) is 46.8 Å². The molecule has 1 heterocycles. The highest BCUT2D eigenvalue weighted by atomic mass is 19.4. The lowest BCUT2D eigenvalue weighted by Gasteiger charge is -2.25. The van der Waals surface area contributed by atoms with Crippen molar-refractivity contribution in [3.8, 4) is 11.8 Å². The van der Waals surface area contributed by atoms with E-state index in [4.69, 9.17) is 4.74 Å². The van der Waals surface area contributed by atoms with Crippen molar-refractivity contribution in [2.45, 2.75) is 39.0 Å². The lowest BCUT2D eigenvalue weighted by Crippen LogP contribution is -2.41. The van der Waals surface area contributed by atoms with E-state index in [0.29, 0.717) is 5.57 Å². The van der Waals surface area contributed by atoms with Gasteiger partial charge in [0, 0.05) is 41.9 Å². The molecule has 1 aliphatic carbocycles. The van der Waals surface area contributed by atoms with Crippen molar-refractivity contribution in [1.82, 2.24) is 4.57 Å². The number of aliphatic hydroxyl groups is 1. The molecule has 0 spiro atoms. The summed E-state index contributed by atoms with van der Waals surface area (Å²) in [6.07, 6.45) is -3.66. The topological polar surface area (TPSA) is 68.5 Å². The van der Waals surface area contributed by atoms with Crippen LogP contribution in [0.5, 0.6) is 0 Å². The summed E-state index contributed by atoms with van der Waals surface area (Å²) in [5, 5.41) is 10.6. The second-order valence-corrected chi connectivity index (χ2v) is 8.46. The number of alkyl halides is 3. The molecule has 3 rings (SSSR count). The number of carbonyl (C=O) groups excluding carboxylic acids is 1. The van der Waals surface area contributed by atoms with Crippen LogP contribution in [0.25, 0.3) is 5.57 Å². The van der Waals surface area contributed by atoms with E-state index < -0.39 is 23.3 Å². The van der Waals surface area contributed by atoms with Crippen molar-refractivity contribution < 1.29 is 27.8 Å². The van der Waals surface area contributed by atoms with Gasteiger partial charge < -0.3 is 14.4 Å². The first-order valence-electron chi connectivity index (χ1n) is 10.3. The first kappa shape index (κ1) is 24.3. The molecule has 5 nitrogen and oxygen atoms in total. The van der Waals surface area contributed by atoms with E-state index in [1.165, 1.54) is 36.0 Å². The predicted molar refractivity (Wildman–Crippen MR) is 117 cm³/mol. The van der Waals surface area contributed by atoms with Gasteiger partial charge in [-0.2, -0.15) is 13.2 Å². The third kappa shape index (κ3) is 4.60. The van der Waals surface area contributed by atoms with Crippen LogP contribution in [0.4, 0.5) is 13.2 Å². The maximum Gasteiger partial charge on any atom is 0.433 e. The number of carbonyl (C=O) groups is 1. The molecule has 0 saturated carbocycles. The van der Waals surface area contributed by atoms with Gasteiger partial charge in [-0.05, 0) is 18.8 Å². The predicted octanol–water partition coefficient (Wildman–Crippen LogP) is 3.72. The minimum Gasteiger partial charge on any atom is -0.462 e. The average Bonchev–Trinajstić information content (AvgIpc) is 3.10. The molecular weight excluding hydrogens is 435 g/mol. The second-order valence-electron chi connectivity index (χ2n) is 8.46. The summed E-state index contributed by atoms with van der Waals surface area (Å²) < 4.78 is 48.1. The molecule has 33 heavy (non-hydrogen) atoms. The van der Waals surface area contributed by atoms with E-state index in [0.717, 1.165) is 12.1 Å². The number of nitrogens with zero attached hydrogens (tertiary/aromatic N) is 1. The number of aryl methyl sites for hydroxylation is 1. The highest BCUT2D eigenvalue weighted by molar-refractivity contribution is 6.19. The molecule has 1 atom stereocenters. The molecule has 0 aliphatic heterocycles. The molecule has 1 unspecified atom stereocenters. The Kier molecular flexibility index (Phi) is 6.57. The minimum atomic E-state index is -5.09. The molecule has 1 N–H and O–H groups in total. The van der Waals surface area contributed by atoms with Crippen molar-refractivity contribution in [1.29, 1.82) is 0 Å². The van der Waals surface area contributed by atoms with Crippen LogP contribution in [0.2, 0.25) is 0 Å². The summed E-state index contributed by atoms with van der Waals surface area (Å²) >= 11 is 0. The quantitative estimate of drug-likeness (QED) is 0.559. The van der Waals surface area contributed by atoms with Crippen LogP contribution >= 0.6 is 0 Å². The number of hydrogen-bond acceptors (Lipinski definition) is 4. The van der Waals surface area contributed by atoms with Gasteiger partial charge in [-0.3, -0.25) is 4.79 Å². The van der Waals surface area contributed by atoms with Gasteiger partial charge in [-0.15, -0.1) is 0 Å². The van der Waals surface area contributed by atoms with Gasteiger partial charge in [0.15, 0.2) is 0 Å². The van der Waals surface area contributed by atoms with Gasteiger partial charge in [-0.1, -0.05) is 55.7 Å². The molecule has 1 aromatic heterocycles. The maximum absolute atomic E-state index is 13.9. The molecule has 0 saturated heterocycles. The zero-order valence-corrected chi connectivity index (χ0v) is 18.7. The van der Waals surface area contributed by atoms with Crippen LogP contribution in [0, 0.1) is 17.8 Å². The molecule has 0 bridgehead atoms. The third-order valence-electron chi connectivity index (χ3n) is 5.32. The molecule has 1 aliphatic rings. The number of halogens is 3. The summed E-state index contributed by atoms with van der Waals surface area (Å²) in [7, 11) is 1.45. The Bertz CT molecular complexity index is 1230. The number of esters is 1. The van der Waals surface area contributed by atoms with Crippen LogP contribution in [-0.2, 0) is 28.6 Å². The number of hydrogen-bond donors (Lipinski definition) is 1. The molecule has 8 heteroatoms. The van der Waals surface area contributed by atoms with Crippen LogP contribution in [0.3, 0.4) is 0 Å². The Balaban J connectivity index is 2.19. The van der Waals surface area contributed by atoms with Crippen molar-refractivity contribution in [3.05, 3.63) is 74.7 Å². The Morgan fingerprint density at radius 3 is 2.45 bits per heavy atom. The fourth-order valence-electron chi connectivity index (χ4n) is 3.65. The first-order chi connectivity index (χ1) is 15.4. The average molecular weight is 459 g/mol. The maximum atomic E-state index is 13.9. The van der Waals surface area contributed by atoms with Gasteiger partial charge in [0.1, 0.15) is 0 Å². The smallest absolute Gasteiger partial charge is 0.433 e. The first-order valence-corrected chi connectivity index (χ1v) is 10.3. The van der Waals surface area contributed by atoms with Crippen LogP contribution in [0.1, 0.15) is 43.0 Å². The second kappa shape index (κ2) is 8.91. The Hall–Kier alpha value is -3.31. The third-order valence-corrected chi connectivity index (χ3v) is 5.32. The van der Waals surface area contributed by atoms with E-state index in [1.807, 2.05) is 19.8 Å². The lowest BCUT2D eigenvalue weighted by molar-refractivity contribution is -0.240. The molecule has 174 valence electrons. The van der Waals surface area contributed by atoms with Gasteiger partial charge in [0.2, 0.25) is 5.60 Å². The number of fused-ring (bicyclic) bond motifs is 1. The summed E-state index contributed by atoms with van der Waals surface area (Å²) in [4.78, 5) is 25.5. The molecule has 1 aromatic carbocycles. The fraction of sp³-hybridized carbons (Fsp3) is 0.360. The fourth-order valence-corrected chi connectivity index (χ4v) is 3.65. The lowest BCUT2D eigenvalue weighted by atomic mass is 9.92. The Morgan fingerprint density at radius 2 is 1.88 bits per heavy atom. The SMILES string of the molecule is CC1=C(C(=O)OCC(C)C)c2c(C#CC(O)(c3ccccc3)C(F)(F)F)cn(C)c(=O)c2C1. The number of ether oxygens (including phenoxy) is 1.